The number of alkyl halides is 3. The van der Waals surface area contributed by atoms with Gasteiger partial charge in [-0.05, 0) is 6.92 Å². The van der Waals surface area contributed by atoms with E-state index in [0.29, 0.717) is 0 Å². The molecule has 0 saturated carbocycles. The molecule has 0 spiro atoms. The van der Waals surface area contributed by atoms with Crippen molar-refractivity contribution in [2.75, 3.05) is 5.75 Å². The topological polar surface area (TPSA) is 26.3 Å². The van der Waals surface area contributed by atoms with Crippen LogP contribution in [0.2, 0.25) is 0 Å². The molecule has 0 aromatic carbocycles. The molecule has 1 atom stereocenters. The van der Waals surface area contributed by atoms with Crippen LogP contribution in [0.1, 0.15) is 20.3 Å². The molecule has 0 aliphatic rings. The van der Waals surface area contributed by atoms with Crippen LogP contribution in [-0.4, -0.2) is 23.3 Å². The smallest absolute Gasteiger partial charge is 0.389 e. The number of ether oxygens (including phenoxy) is 1. The van der Waals surface area contributed by atoms with E-state index in [1.807, 2.05) is 0 Å². The van der Waals surface area contributed by atoms with E-state index in [4.69, 9.17) is 0 Å². The summed E-state index contributed by atoms with van der Waals surface area (Å²) in [7, 11) is 0. The van der Waals surface area contributed by atoms with Gasteiger partial charge in [0.25, 0.3) is 0 Å². The van der Waals surface area contributed by atoms with Crippen molar-refractivity contribution in [3.8, 4) is 0 Å². The third kappa shape index (κ3) is 9.52. The lowest BCUT2D eigenvalue weighted by Gasteiger charge is -2.11. The fourth-order valence-electron chi connectivity index (χ4n) is 0.608. The van der Waals surface area contributed by atoms with E-state index in [9.17, 15) is 18.0 Å². The van der Waals surface area contributed by atoms with Gasteiger partial charge in [0, 0.05) is 12.7 Å². The van der Waals surface area contributed by atoms with Crippen LogP contribution in [0.25, 0.3) is 0 Å². The van der Waals surface area contributed by atoms with Crippen LogP contribution < -0.4 is 0 Å². The lowest BCUT2D eigenvalue weighted by molar-refractivity contribution is -0.141. The normalized spacial score (nSPS) is 13.9. The zero-order valence-electron chi connectivity index (χ0n) is 7.35. The van der Waals surface area contributed by atoms with Gasteiger partial charge in [0.2, 0.25) is 0 Å². The molecular weight excluding hydrogens is 205 g/mol. The van der Waals surface area contributed by atoms with Gasteiger partial charge in [-0.2, -0.15) is 13.2 Å². The van der Waals surface area contributed by atoms with E-state index >= 15 is 0 Å². The number of carbonyl (C=O) groups is 1. The van der Waals surface area contributed by atoms with E-state index in [1.54, 1.807) is 6.92 Å². The molecule has 0 aromatic rings. The number of rotatable bonds is 4. The second-order valence-electron chi connectivity index (χ2n) is 2.41. The van der Waals surface area contributed by atoms with Crippen molar-refractivity contribution in [1.82, 2.24) is 0 Å². The molecule has 0 amide bonds. The minimum atomic E-state index is -4.14. The predicted molar refractivity (Wildman–Crippen MR) is 44.4 cm³/mol. The predicted octanol–water partition coefficient (Wildman–Crippen LogP) is 2.58. The number of thioether (sulfide) groups is 1. The van der Waals surface area contributed by atoms with Crippen molar-refractivity contribution in [2.45, 2.75) is 31.9 Å². The summed E-state index contributed by atoms with van der Waals surface area (Å²) in [6, 6.07) is 0. The summed E-state index contributed by atoms with van der Waals surface area (Å²) < 4.78 is 39.6. The summed E-state index contributed by atoms with van der Waals surface area (Å²) >= 11 is 0.969. The second kappa shape index (κ2) is 5.36. The number of esters is 1. The Hall–Kier alpha value is -0.390. The molecule has 6 heteroatoms. The van der Waals surface area contributed by atoms with Gasteiger partial charge in [-0.3, -0.25) is 4.79 Å². The third-order valence-corrected chi connectivity index (χ3v) is 2.08. The highest BCUT2D eigenvalue weighted by Crippen LogP contribution is 2.23. The molecule has 13 heavy (non-hydrogen) atoms. The number of halogens is 3. The van der Waals surface area contributed by atoms with Crippen LogP contribution in [0, 0.1) is 0 Å². The first kappa shape index (κ1) is 12.6. The maximum Gasteiger partial charge on any atom is 0.389 e. The summed E-state index contributed by atoms with van der Waals surface area (Å²) in [4.78, 5) is 10.4. The molecule has 0 saturated heterocycles. The Balaban J connectivity index is 3.48. The van der Waals surface area contributed by atoms with Gasteiger partial charge in [-0.1, -0.05) is 0 Å². The lowest BCUT2D eigenvalue weighted by Crippen LogP contribution is -2.12. The quantitative estimate of drug-likeness (QED) is 0.533. The largest absolute Gasteiger partial charge is 0.452 e. The highest BCUT2D eigenvalue weighted by atomic mass is 32.2. The van der Waals surface area contributed by atoms with Gasteiger partial charge in [-0.15, -0.1) is 11.8 Å². The molecule has 0 bridgehead atoms. The molecule has 0 aromatic heterocycles. The highest BCUT2D eigenvalue weighted by Gasteiger charge is 2.26. The summed E-state index contributed by atoms with van der Waals surface area (Å²) in [5.74, 6) is -0.565. The number of hydrogen-bond donors (Lipinski definition) is 0. The van der Waals surface area contributed by atoms with E-state index in [1.165, 1.54) is 6.92 Å². The molecule has 0 radical (unpaired) electrons. The van der Waals surface area contributed by atoms with Crippen molar-refractivity contribution in [3.05, 3.63) is 0 Å². The lowest BCUT2D eigenvalue weighted by atomic mass is 10.5. The highest BCUT2D eigenvalue weighted by molar-refractivity contribution is 7.99. The third-order valence-electron chi connectivity index (χ3n) is 1.07. The average molecular weight is 216 g/mol. The van der Waals surface area contributed by atoms with Gasteiger partial charge in [0.05, 0.1) is 6.42 Å². The maximum absolute atomic E-state index is 11.6. The molecule has 2 nitrogen and oxygen atoms in total. The monoisotopic (exact) mass is 216 g/mol. The van der Waals surface area contributed by atoms with Gasteiger partial charge < -0.3 is 4.74 Å². The first-order chi connectivity index (χ1) is 5.81. The van der Waals surface area contributed by atoms with E-state index < -0.39 is 24.0 Å². The van der Waals surface area contributed by atoms with Crippen molar-refractivity contribution in [3.63, 3.8) is 0 Å². The fourth-order valence-corrected chi connectivity index (χ4v) is 1.49. The SMILES string of the molecule is CC(=O)OC(C)SCCC(F)(F)F. The molecule has 0 fully saturated rings. The number of carbonyl (C=O) groups excluding carboxylic acids is 1. The van der Waals surface area contributed by atoms with Crippen LogP contribution in [-0.2, 0) is 9.53 Å². The van der Waals surface area contributed by atoms with Crippen molar-refractivity contribution < 1.29 is 22.7 Å². The Morgan fingerprint density at radius 2 is 2.08 bits per heavy atom. The Morgan fingerprint density at radius 3 is 2.46 bits per heavy atom. The van der Waals surface area contributed by atoms with Gasteiger partial charge in [0.15, 0.2) is 0 Å². The van der Waals surface area contributed by atoms with Crippen molar-refractivity contribution in [2.24, 2.45) is 0 Å². The molecule has 1 unspecified atom stereocenters. The summed E-state index contributed by atoms with van der Waals surface area (Å²) in [6.45, 7) is 2.77. The van der Waals surface area contributed by atoms with Crippen LogP contribution in [0.4, 0.5) is 13.2 Å². The minimum Gasteiger partial charge on any atom is -0.452 e. The molecule has 0 rings (SSSR count). The first-order valence-electron chi connectivity index (χ1n) is 3.67. The molecule has 0 aliphatic carbocycles. The van der Waals surface area contributed by atoms with Crippen molar-refractivity contribution >= 4 is 17.7 Å². The van der Waals surface area contributed by atoms with E-state index in [-0.39, 0.29) is 5.75 Å². The van der Waals surface area contributed by atoms with Gasteiger partial charge in [-0.25, -0.2) is 0 Å². The molecule has 0 N–H and O–H groups in total. The Morgan fingerprint density at radius 1 is 1.54 bits per heavy atom. The summed E-state index contributed by atoms with van der Waals surface area (Å²) in [6.07, 6.45) is -4.99. The van der Waals surface area contributed by atoms with E-state index in [2.05, 4.69) is 4.74 Å². The molecule has 0 heterocycles. The minimum absolute atomic E-state index is 0.0854. The first-order valence-corrected chi connectivity index (χ1v) is 4.71. The van der Waals surface area contributed by atoms with Crippen LogP contribution >= 0.6 is 11.8 Å². The van der Waals surface area contributed by atoms with Gasteiger partial charge in [0.1, 0.15) is 5.44 Å². The number of hydrogen-bond acceptors (Lipinski definition) is 3. The Kier molecular flexibility index (Phi) is 5.20. The summed E-state index contributed by atoms with van der Waals surface area (Å²) in [5.41, 5.74) is -0.514. The molecule has 78 valence electrons. The van der Waals surface area contributed by atoms with Crippen LogP contribution in [0.15, 0.2) is 0 Å². The van der Waals surface area contributed by atoms with Crippen molar-refractivity contribution in [1.29, 1.82) is 0 Å². The van der Waals surface area contributed by atoms with Crippen LogP contribution in [0.5, 0.6) is 0 Å². The second-order valence-corrected chi connectivity index (χ2v) is 3.82. The van der Waals surface area contributed by atoms with E-state index in [0.717, 1.165) is 11.8 Å². The average Bonchev–Trinajstić information content (AvgIpc) is 1.81. The molecular formula is C7H11F3O2S. The summed E-state index contributed by atoms with van der Waals surface area (Å²) in [5, 5.41) is 0. The Bertz CT molecular complexity index is 170. The zero-order valence-corrected chi connectivity index (χ0v) is 8.17. The maximum atomic E-state index is 11.6. The van der Waals surface area contributed by atoms with Gasteiger partial charge >= 0.3 is 12.1 Å². The zero-order chi connectivity index (χ0) is 10.5. The molecule has 0 aliphatic heterocycles. The fraction of sp³-hybridized carbons (Fsp3) is 0.857. The standard InChI is InChI=1S/C7H11F3O2S/c1-5(11)12-6(2)13-4-3-7(8,9)10/h6H,3-4H2,1-2H3. The van der Waals surface area contributed by atoms with Crippen LogP contribution in [0.3, 0.4) is 0 Å². The Labute approximate surface area is 78.8 Å².